The first kappa shape index (κ1) is 32.1. The molecule has 1 aromatic carbocycles. The molecule has 3 fully saturated rings. The second-order valence-corrected chi connectivity index (χ2v) is 14.4. The number of Topliss-reactive ketones (excluding diaryl/α,β-unsaturated/α-hetero) is 4. The first-order chi connectivity index (χ1) is 21.7. The number of aliphatic hydroxyl groups is 1. The minimum absolute atomic E-state index is 0.000760. The Bertz CT molecular complexity index is 1630. The lowest BCUT2D eigenvalue weighted by atomic mass is 9.52. The third-order valence-electron chi connectivity index (χ3n) is 11.1. The van der Waals surface area contributed by atoms with Gasteiger partial charge in [0.05, 0.1) is 23.1 Å². The molecule has 0 bridgehead atoms. The van der Waals surface area contributed by atoms with Gasteiger partial charge in [-0.1, -0.05) is 19.8 Å². The smallest absolute Gasteiger partial charge is 0.235 e. The minimum Gasteiger partial charge on any atom is -0.506 e. The van der Waals surface area contributed by atoms with Crippen LogP contribution < -0.4 is 10.6 Å². The van der Waals surface area contributed by atoms with Gasteiger partial charge in [0.1, 0.15) is 17.3 Å². The monoisotopic (exact) mass is 633 g/mol. The Kier molecular flexibility index (Phi) is 8.00. The number of likely N-dealkylation sites (N-methyl/N-ethyl adjacent to an activating group) is 1. The molecule has 0 spiro atoms. The molecule has 4 aliphatic carbocycles. The molecule has 11 heteroatoms. The summed E-state index contributed by atoms with van der Waals surface area (Å²) >= 11 is 0. The molecular formula is C35H43N3O8. The van der Waals surface area contributed by atoms with Crippen molar-refractivity contribution < 1.29 is 38.6 Å². The van der Waals surface area contributed by atoms with E-state index in [4.69, 9.17) is 10.2 Å². The van der Waals surface area contributed by atoms with E-state index in [0.717, 1.165) is 30.9 Å². The molecule has 2 aromatic rings. The first-order valence-corrected chi connectivity index (χ1v) is 16.2. The van der Waals surface area contributed by atoms with Crippen LogP contribution in [0.5, 0.6) is 5.75 Å². The number of primary amides is 1. The van der Waals surface area contributed by atoms with E-state index in [0.29, 0.717) is 28.5 Å². The zero-order valence-corrected chi connectivity index (χ0v) is 27.0. The van der Waals surface area contributed by atoms with Crippen molar-refractivity contribution in [3.05, 3.63) is 35.1 Å². The molecule has 3 saturated carbocycles. The number of carbonyl (C=O) groups is 5. The second-order valence-electron chi connectivity index (χ2n) is 14.4. The zero-order chi connectivity index (χ0) is 33.4. The van der Waals surface area contributed by atoms with Crippen molar-refractivity contribution in [3.8, 4) is 17.1 Å². The fourth-order valence-electron chi connectivity index (χ4n) is 8.69. The Morgan fingerprint density at radius 1 is 1.04 bits per heavy atom. The van der Waals surface area contributed by atoms with E-state index in [2.05, 4.69) is 6.92 Å². The van der Waals surface area contributed by atoms with Crippen molar-refractivity contribution in [1.29, 1.82) is 0 Å². The van der Waals surface area contributed by atoms with Crippen LogP contribution in [-0.4, -0.2) is 84.0 Å². The summed E-state index contributed by atoms with van der Waals surface area (Å²) in [7, 11) is 6.77. The van der Waals surface area contributed by atoms with Gasteiger partial charge in [-0.2, -0.15) is 0 Å². The molecule has 11 nitrogen and oxygen atoms in total. The summed E-state index contributed by atoms with van der Waals surface area (Å²) in [4.78, 5) is 71.0. The van der Waals surface area contributed by atoms with Crippen molar-refractivity contribution in [2.45, 2.75) is 63.5 Å². The van der Waals surface area contributed by atoms with Crippen LogP contribution in [0.4, 0.5) is 5.69 Å². The maximum Gasteiger partial charge on any atom is 0.235 e. The molecule has 6 atom stereocenters. The summed E-state index contributed by atoms with van der Waals surface area (Å²) in [6, 6.07) is 4.31. The maximum atomic E-state index is 14.3. The summed E-state index contributed by atoms with van der Waals surface area (Å²) in [5.41, 5.74) is 4.12. The molecule has 0 saturated heterocycles. The lowest BCUT2D eigenvalue weighted by Crippen LogP contribution is -2.74. The lowest BCUT2D eigenvalue weighted by Gasteiger charge is -2.52. The number of nitrogens with two attached hydrogens (primary N) is 1. The van der Waals surface area contributed by atoms with Crippen LogP contribution in [0.15, 0.2) is 22.6 Å². The van der Waals surface area contributed by atoms with Crippen LogP contribution in [0.3, 0.4) is 0 Å². The van der Waals surface area contributed by atoms with Crippen LogP contribution in [0.1, 0.15) is 60.7 Å². The van der Waals surface area contributed by atoms with Gasteiger partial charge in [-0.3, -0.25) is 28.9 Å². The Hall–Kier alpha value is -3.83. The molecule has 4 N–H and O–H groups in total. The van der Waals surface area contributed by atoms with E-state index in [-0.39, 0.29) is 24.2 Å². The van der Waals surface area contributed by atoms with Gasteiger partial charge in [-0.25, -0.2) is 0 Å². The normalized spacial score (nSPS) is 32.6. The number of furan rings is 1. The second kappa shape index (κ2) is 11.5. The molecule has 1 heterocycles. The topological polar surface area (TPSA) is 171 Å². The highest BCUT2D eigenvalue weighted by Gasteiger charge is 2.69. The summed E-state index contributed by atoms with van der Waals surface area (Å²) in [6.07, 6.45) is 5.63. The quantitative estimate of drug-likeness (QED) is 0.402. The third kappa shape index (κ3) is 4.81. The number of rotatable bonds is 6. The summed E-state index contributed by atoms with van der Waals surface area (Å²) in [5.74, 6) is -8.24. The predicted molar refractivity (Wildman–Crippen MR) is 168 cm³/mol. The van der Waals surface area contributed by atoms with E-state index < -0.39 is 64.4 Å². The average Bonchev–Trinajstić information content (AvgIpc) is 3.44. The number of aromatic hydroxyl groups is 1. The SMILES string of the molecule is CC1CCC(Cc2ccc(-c3cc(N(C)C)c4c(c3O)C(=O)C3C(=O)[C@@]5(O)C(=O)C(C(N)=O)C(=O)C(N(C)C)[C@H]5C[C@H]3C4)o2)CC1. The number of carbonyl (C=O) groups excluding carboxylic acids is 5. The molecule has 0 radical (unpaired) electrons. The minimum atomic E-state index is -2.76. The highest BCUT2D eigenvalue weighted by molar-refractivity contribution is 6.32. The number of benzene rings is 1. The number of ketones is 4. The summed E-state index contributed by atoms with van der Waals surface area (Å²) < 4.78 is 6.23. The highest BCUT2D eigenvalue weighted by Crippen LogP contribution is 2.53. The van der Waals surface area contributed by atoms with Crippen molar-refractivity contribution in [2.24, 2.45) is 41.2 Å². The Labute approximate surface area is 268 Å². The number of phenols is 1. The molecule has 4 aliphatic rings. The number of nitrogens with zero attached hydrogens (tertiary/aromatic N) is 2. The molecular weight excluding hydrogens is 590 g/mol. The van der Waals surface area contributed by atoms with E-state index in [9.17, 15) is 34.2 Å². The van der Waals surface area contributed by atoms with Gasteiger partial charge < -0.3 is 25.3 Å². The molecule has 246 valence electrons. The predicted octanol–water partition coefficient (Wildman–Crippen LogP) is 2.56. The van der Waals surface area contributed by atoms with Gasteiger partial charge in [-0.05, 0) is 81.3 Å². The number of fused-ring (bicyclic) bond motifs is 3. The summed E-state index contributed by atoms with van der Waals surface area (Å²) in [6.45, 7) is 2.28. The number of phenolic OH excluding ortho intramolecular Hbond substituents is 1. The van der Waals surface area contributed by atoms with Crippen LogP contribution in [0.2, 0.25) is 0 Å². The van der Waals surface area contributed by atoms with E-state index in [1.54, 1.807) is 26.2 Å². The van der Waals surface area contributed by atoms with Crippen LogP contribution in [0, 0.1) is 35.5 Å². The fraction of sp³-hybridized carbons (Fsp3) is 0.571. The van der Waals surface area contributed by atoms with Crippen molar-refractivity contribution in [1.82, 2.24) is 4.90 Å². The molecule has 3 unspecified atom stereocenters. The van der Waals surface area contributed by atoms with E-state index >= 15 is 0 Å². The Morgan fingerprint density at radius 2 is 1.72 bits per heavy atom. The molecule has 0 aliphatic heterocycles. The number of anilines is 1. The number of hydrogen-bond acceptors (Lipinski definition) is 10. The molecule has 1 amide bonds. The van der Waals surface area contributed by atoms with Crippen molar-refractivity contribution in [2.75, 3.05) is 33.1 Å². The van der Waals surface area contributed by atoms with E-state index in [1.807, 2.05) is 25.1 Å². The Balaban J connectivity index is 1.40. The third-order valence-corrected chi connectivity index (χ3v) is 11.1. The van der Waals surface area contributed by atoms with Gasteiger partial charge >= 0.3 is 0 Å². The van der Waals surface area contributed by atoms with Gasteiger partial charge in [0.2, 0.25) is 5.91 Å². The molecule has 6 rings (SSSR count). The standard InChI is InChI=1S/C35H43N3O8/c1-16-6-8-17(9-7-16)12-19-10-11-24(46-19)21-15-23(37(2)3)20-13-18-14-22-28(38(4)5)31(41)27(34(36)44)33(43)35(22,45)32(42)25(18)30(40)26(20)29(21)39/h10-11,15-18,22,25,27-28,39,45H,6-9,12-14H2,1-5H3,(H2,36,44)/t16?,17?,18-,22-,25?,27?,28?,35-/m1/s1. The van der Waals surface area contributed by atoms with Crippen molar-refractivity contribution in [3.63, 3.8) is 0 Å². The molecule has 46 heavy (non-hydrogen) atoms. The highest BCUT2D eigenvalue weighted by atomic mass is 16.3. The first-order valence-electron chi connectivity index (χ1n) is 16.2. The number of hydrogen-bond donors (Lipinski definition) is 3. The van der Waals surface area contributed by atoms with Crippen LogP contribution >= 0.6 is 0 Å². The van der Waals surface area contributed by atoms with Gasteiger partial charge in [0.15, 0.2) is 34.7 Å². The number of amides is 1. The van der Waals surface area contributed by atoms with Gasteiger partial charge in [0, 0.05) is 32.1 Å². The lowest BCUT2D eigenvalue weighted by molar-refractivity contribution is -0.181. The van der Waals surface area contributed by atoms with Crippen molar-refractivity contribution >= 4 is 34.7 Å². The van der Waals surface area contributed by atoms with Crippen LogP contribution in [-0.2, 0) is 32.0 Å². The summed E-state index contributed by atoms with van der Waals surface area (Å²) in [5, 5.41) is 23.5. The Morgan fingerprint density at radius 3 is 2.33 bits per heavy atom. The average molecular weight is 634 g/mol. The van der Waals surface area contributed by atoms with Crippen LogP contribution in [0.25, 0.3) is 11.3 Å². The maximum absolute atomic E-state index is 14.3. The van der Waals surface area contributed by atoms with Gasteiger partial charge in [-0.15, -0.1) is 0 Å². The largest absolute Gasteiger partial charge is 0.506 e. The zero-order valence-electron chi connectivity index (χ0n) is 27.0. The van der Waals surface area contributed by atoms with Gasteiger partial charge in [0.25, 0.3) is 0 Å². The van der Waals surface area contributed by atoms with E-state index in [1.165, 1.54) is 17.7 Å². The fourth-order valence-corrected chi connectivity index (χ4v) is 8.69. The molecule has 1 aromatic heterocycles.